The van der Waals surface area contributed by atoms with Crippen molar-refractivity contribution in [3.8, 4) is 0 Å². The maximum absolute atomic E-state index is 12.6. The van der Waals surface area contributed by atoms with Crippen molar-refractivity contribution in [3.05, 3.63) is 61.3 Å². The third kappa shape index (κ3) is 3.96. The fourth-order valence-electron chi connectivity index (χ4n) is 2.45. The second-order valence-corrected chi connectivity index (χ2v) is 8.89. The van der Waals surface area contributed by atoms with E-state index >= 15 is 0 Å². The third-order valence-corrected chi connectivity index (χ3v) is 6.15. The van der Waals surface area contributed by atoms with Crippen molar-refractivity contribution in [3.63, 3.8) is 0 Å². The van der Waals surface area contributed by atoms with Crippen LogP contribution in [0.5, 0.6) is 0 Å². The zero-order valence-corrected chi connectivity index (χ0v) is 16.1. The van der Waals surface area contributed by atoms with Crippen LogP contribution in [0, 0.1) is 8.80 Å². The maximum atomic E-state index is 12.6. The van der Waals surface area contributed by atoms with Gasteiger partial charge in [-0.3, -0.25) is 4.79 Å². The van der Waals surface area contributed by atoms with E-state index in [1.807, 2.05) is 25.1 Å². The number of halogens is 1. The molecule has 2 aromatic heterocycles. The smallest absolute Gasteiger partial charge is 0.230 e. The molecule has 1 aromatic carbocycles. The summed E-state index contributed by atoms with van der Waals surface area (Å²) in [4.78, 5) is 13.8. The Hall–Kier alpha value is -1.32. The van der Waals surface area contributed by atoms with Crippen molar-refractivity contribution >= 4 is 56.3 Å². The minimum absolute atomic E-state index is 0.0256. The van der Waals surface area contributed by atoms with Crippen LogP contribution in [0.15, 0.2) is 48.0 Å². The number of hydrogen-bond acceptors (Lipinski definition) is 5. The highest BCUT2D eigenvalue weighted by atomic mass is 127. The fraction of sp³-hybridized carbons (Fsp3) is 0.188. The van der Waals surface area contributed by atoms with Gasteiger partial charge in [0.1, 0.15) is 5.51 Å². The van der Waals surface area contributed by atoms with Gasteiger partial charge in [0.15, 0.2) is 0 Å². The van der Waals surface area contributed by atoms with E-state index < -0.39 is 0 Å². The highest BCUT2D eigenvalue weighted by molar-refractivity contribution is 14.1. The first-order valence-corrected chi connectivity index (χ1v) is 9.80. The van der Waals surface area contributed by atoms with Crippen molar-refractivity contribution in [2.45, 2.75) is 12.8 Å². The molecule has 23 heavy (non-hydrogen) atoms. The second kappa shape index (κ2) is 7.50. The number of benzene rings is 1. The maximum Gasteiger partial charge on any atom is 0.230 e. The van der Waals surface area contributed by atoms with E-state index in [9.17, 15) is 4.79 Å². The summed E-state index contributed by atoms with van der Waals surface area (Å²) in [5.41, 5.74) is 2.75. The molecule has 1 amide bonds. The molecule has 2 unspecified atom stereocenters. The van der Waals surface area contributed by atoms with Gasteiger partial charge in [0.05, 0.1) is 2.88 Å². The molecule has 3 aromatic rings. The summed E-state index contributed by atoms with van der Waals surface area (Å²) in [6.45, 7) is 1.96. The number of amides is 1. The summed E-state index contributed by atoms with van der Waals surface area (Å²) in [6.07, 6.45) is 0. The number of carbonyl (C=O) groups excluding carboxylic acids is 1. The van der Waals surface area contributed by atoms with Crippen molar-refractivity contribution < 1.29 is 4.79 Å². The van der Waals surface area contributed by atoms with Crippen molar-refractivity contribution in [1.82, 2.24) is 10.2 Å². The number of hydrogen-bond donors (Lipinski definition) is 1. The van der Waals surface area contributed by atoms with Crippen LogP contribution in [-0.2, 0) is 4.79 Å². The summed E-state index contributed by atoms with van der Waals surface area (Å²) >= 11 is 5.36. The van der Waals surface area contributed by atoms with Crippen molar-refractivity contribution in [1.29, 1.82) is 0 Å². The Balaban J connectivity index is 1.90. The molecular weight excluding hydrogens is 441 g/mol. The molecule has 0 fully saturated rings. The quantitative estimate of drug-likeness (QED) is 0.572. The Morgan fingerprint density at radius 1 is 1.22 bits per heavy atom. The van der Waals surface area contributed by atoms with Gasteiger partial charge in [0, 0.05) is 16.7 Å². The van der Waals surface area contributed by atoms with Gasteiger partial charge in [-0.15, -0.1) is 21.5 Å². The Morgan fingerprint density at radius 2 is 2.00 bits per heavy atom. The highest BCUT2D eigenvalue weighted by Gasteiger charge is 2.28. The number of aromatic nitrogens is 2. The Morgan fingerprint density at radius 3 is 2.61 bits per heavy atom. The van der Waals surface area contributed by atoms with Crippen LogP contribution in [0.25, 0.3) is 0 Å². The lowest BCUT2D eigenvalue weighted by Gasteiger charge is -2.22. The van der Waals surface area contributed by atoms with Gasteiger partial charge in [-0.05, 0) is 40.3 Å². The zero-order chi connectivity index (χ0) is 16.2. The van der Waals surface area contributed by atoms with E-state index in [0.717, 1.165) is 5.56 Å². The molecule has 1 N–H and O–H groups in total. The van der Waals surface area contributed by atoms with E-state index in [4.69, 9.17) is 0 Å². The lowest BCUT2D eigenvalue weighted by Crippen LogP contribution is -2.26. The molecule has 0 saturated heterocycles. The van der Waals surface area contributed by atoms with Crippen LogP contribution >= 0.6 is 45.3 Å². The lowest BCUT2D eigenvalue weighted by atomic mass is 9.85. The van der Waals surface area contributed by atoms with E-state index in [1.165, 1.54) is 19.1 Å². The van der Waals surface area contributed by atoms with Crippen LogP contribution in [0.3, 0.4) is 0 Å². The predicted octanol–water partition coefficient (Wildman–Crippen LogP) is 4.61. The molecule has 3 rings (SSSR count). The Bertz CT molecular complexity index is 774. The van der Waals surface area contributed by atoms with E-state index in [1.54, 1.807) is 16.8 Å². The molecule has 0 bridgehead atoms. The fourth-order valence-corrected chi connectivity index (χ4v) is 4.81. The first-order chi connectivity index (χ1) is 11.1. The molecule has 7 heteroatoms. The third-order valence-electron chi connectivity index (χ3n) is 3.56. The summed E-state index contributed by atoms with van der Waals surface area (Å²) in [5, 5.41) is 11.0. The first-order valence-electron chi connectivity index (χ1n) is 7.02. The molecule has 0 saturated carbocycles. The van der Waals surface area contributed by atoms with Gasteiger partial charge in [0.2, 0.25) is 11.0 Å². The molecule has 0 aliphatic rings. The molecule has 4 nitrogen and oxygen atoms in total. The number of anilines is 1. The minimum Gasteiger partial charge on any atom is -0.300 e. The largest absolute Gasteiger partial charge is 0.300 e. The predicted molar refractivity (Wildman–Crippen MR) is 103 cm³/mol. The first kappa shape index (κ1) is 16.5. The van der Waals surface area contributed by atoms with Gasteiger partial charge in [-0.25, -0.2) is 0 Å². The summed E-state index contributed by atoms with van der Waals surface area (Å²) in [7, 11) is 0. The number of rotatable bonds is 5. The molecule has 118 valence electrons. The monoisotopic (exact) mass is 455 g/mol. The standard InChI is InChI=1S/C16H14IN3OS2/c1-10(15(21)19-16-20-18-9-22-16)14(11-5-3-2-4-6-11)12-7-8-13(17)23-12/h2-10,14H,1H3,(H,19,20,21). The van der Waals surface area contributed by atoms with Crippen LogP contribution < -0.4 is 5.32 Å². The summed E-state index contributed by atoms with van der Waals surface area (Å²) < 4.78 is 1.22. The number of thiophene rings is 1. The van der Waals surface area contributed by atoms with Crippen LogP contribution in [0.2, 0.25) is 0 Å². The SMILES string of the molecule is CC(C(=O)Nc1nncs1)C(c1ccccc1)c1ccc(I)s1. The molecule has 0 spiro atoms. The number of nitrogens with zero attached hydrogens (tertiary/aromatic N) is 2. The van der Waals surface area contributed by atoms with E-state index in [2.05, 4.69) is 62.4 Å². The highest BCUT2D eigenvalue weighted by Crippen LogP contribution is 2.37. The zero-order valence-electron chi connectivity index (χ0n) is 12.3. The topological polar surface area (TPSA) is 54.9 Å². The molecule has 2 heterocycles. The normalized spacial score (nSPS) is 13.5. The van der Waals surface area contributed by atoms with Crippen LogP contribution in [0.1, 0.15) is 23.3 Å². The van der Waals surface area contributed by atoms with Gasteiger partial charge in [-0.1, -0.05) is 48.6 Å². The second-order valence-electron chi connectivity index (χ2n) is 5.05. The van der Waals surface area contributed by atoms with Gasteiger partial charge in [-0.2, -0.15) is 0 Å². The van der Waals surface area contributed by atoms with Crippen molar-refractivity contribution in [2.75, 3.05) is 5.32 Å². The minimum atomic E-state index is -0.212. The molecule has 0 radical (unpaired) electrons. The van der Waals surface area contributed by atoms with Gasteiger partial charge in [0.25, 0.3) is 0 Å². The van der Waals surface area contributed by atoms with E-state index in [0.29, 0.717) is 5.13 Å². The summed E-state index contributed by atoms with van der Waals surface area (Å²) in [5.74, 6) is -0.229. The molecule has 0 aliphatic heterocycles. The molecule has 0 aliphatic carbocycles. The van der Waals surface area contributed by atoms with Gasteiger partial charge < -0.3 is 5.32 Å². The van der Waals surface area contributed by atoms with E-state index in [-0.39, 0.29) is 17.7 Å². The Kier molecular flexibility index (Phi) is 5.39. The lowest BCUT2D eigenvalue weighted by molar-refractivity contribution is -0.119. The average molecular weight is 455 g/mol. The average Bonchev–Trinajstić information content (AvgIpc) is 3.20. The van der Waals surface area contributed by atoms with Crippen molar-refractivity contribution in [2.24, 2.45) is 5.92 Å². The summed E-state index contributed by atoms with van der Waals surface area (Å²) in [6, 6.07) is 14.4. The van der Waals surface area contributed by atoms with Crippen LogP contribution in [0.4, 0.5) is 5.13 Å². The number of carbonyl (C=O) groups is 1. The molecule has 2 atom stereocenters. The van der Waals surface area contributed by atoms with Crippen LogP contribution in [-0.4, -0.2) is 16.1 Å². The Labute approximate surface area is 156 Å². The molecular formula is C16H14IN3OS2. The number of nitrogens with one attached hydrogen (secondary N) is 1. The van der Waals surface area contributed by atoms with Gasteiger partial charge >= 0.3 is 0 Å².